The van der Waals surface area contributed by atoms with Crippen LogP contribution in [-0.2, 0) is 25.7 Å². The van der Waals surface area contributed by atoms with E-state index in [-0.39, 0.29) is 5.97 Å². The van der Waals surface area contributed by atoms with Gasteiger partial charge in [-0.25, -0.2) is 0 Å². The molecule has 2 bridgehead atoms. The van der Waals surface area contributed by atoms with Gasteiger partial charge in [-0.15, -0.1) is 0 Å². The minimum atomic E-state index is -0.637. The molecule has 0 unspecified atom stereocenters. The summed E-state index contributed by atoms with van der Waals surface area (Å²) in [5.74, 6) is -0.194. The molecule has 20 heavy (non-hydrogen) atoms. The molecule has 0 aromatic heterocycles. The van der Waals surface area contributed by atoms with Crippen molar-refractivity contribution < 1.29 is 19.1 Å². The van der Waals surface area contributed by atoms with Gasteiger partial charge >= 0.3 is 5.97 Å². The van der Waals surface area contributed by atoms with Crippen molar-refractivity contribution in [3.8, 4) is 0 Å². The highest BCUT2D eigenvalue weighted by Crippen LogP contribution is 2.48. The fourth-order valence-electron chi connectivity index (χ4n) is 3.01. The second kappa shape index (κ2) is 5.02. The molecule has 0 atom stereocenters. The lowest BCUT2D eigenvalue weighted by atomic mass is 9.66. The second-order valence-corrected chi connectivity index (χ2v) is 5.81. The minimum Gasteiger partial charge on any atom is -0.460 e. The summed E-state index contributed by atoms with van der Waals surface area (Å²) < 4.78 is 11.1. The Morgan fingerprint density at radius 2 is 1.90 bits per heavy atom. The summed E-state index contributed by atoms with van der Waals surface area (Å²) in [6, 6.07) is 9.63. The van der Waals surface area contributed by atoms with E-state index in [2.05, 4.69) is 0 Å². The smallest absolute Gasteiger partial charge is 0.314 e. The maximum Gasteiger partial charge on any atom is 0.314 e. The van der Waals surface area contributed by atoms with Gasteiger partial charge in [-0.1, -0.05) is 30.3 Å². The summed E-state index contributed by atoms with van der Waals surface area (Å²) in [7, 11) is 0. The van der Waals surface area contributed by atoms with Crippen LogP contribution in [0.1, 0.15) is 31.2 Å². The Balaban J connectivity index is 1.62. The number of ether oxygens (including phenoxy) is 2. The van der Waals surface area contributed by atoms with Crippen molar-refractivity contribution in [1.82, 2.24) is 0 Å². The molecule has 106 valence electrons. The molecule has 2 aliphatic heterocycles. The summed E-state index contributed by atoms with van der Waals surface area (Å²) in [6.07, 6.45) is 3.50. The standard InChI is InChI=1S/C16H18O4/c17-11-16-8-6-15(7-9-16,12-20-16)14(18)19-10-13-4-2-1-3-5-13/h1-5,11H,6-10,12H2. The van der Waals surface area contributed by atoms with Gasteiger partial charge in [0.1, 0.15) is 12.2 Å². The highest BCUT2D eigenvalue weighted by molar-refractivity contribution is 5.78. The van der Waals surface area contributed by atoms with Crippen molar-refractivity contribution in [1.29, 1.82) is 0 Å². The van der Waals surface area contributed by atoms with Crippen LogP contribution in [0.4, 0.5) is 0 Å². The number of benzene rings is 1. The van der Waals surface area contributed by atoms with Crippen LogP contribution in [-0.4, -0.2) is 24.5 Å². The molecule has 0 N–H and O–H groups in total. The van der Waals surface area contributed by atoms with Crippen LogP contribution in [0.25, 0.3) is 0 Å². The fourth-order valence-corrected chi connectivity index (χ4v) is 3.01. The first kappa shape index (κ1) is 13.3. The first-order valence-corrected chi connectivity index (χ1v) is 7.00. The van der Waals surface area contributed by atoms with Crippen LogP contribution >= 0.6 is 0 Å². The van der Waals surface area contributed by atoms with E-state index in [1.807, 2.05) is 30.3 Å². The molecule has 1 aliphatic carbocycles. The zero-order valence-corrected chi connectivity index (χ0v) is 11.3. The zero-order chi connectivity index (χ0) is 14.1. The van der Waals surface area contributed by atoms with E-state index in [4.69, 9.17) is 9.47 Å². The van der Waals surface area contributed by atoms with Crippen LogP contribution in [0.15, 0.2) is 30.3 Å². The van der Waals surface area contributed by atoms with E-state index >= 15 is 0 Å². The van der Waals surface area contributed by atoms with E-state index < -0.39 is 11.0 Å². The molecule has 0 spiro atoms. The monoisotopic (exact) mass is 274 g/mol. The quantitative estimate of drug-likeness (QED) is 0.624. The zero-order valence-electron chi connectivity index (χ0n) is 11.3. The van der Waals surface area contributed by atoms with Gasteiger partial charge in [0.15, 0.2) is 6.29 Å². The van der Waals surface area contributed by atoms with Gasteiger partial charge in [-0.05, 0) is 31.2 Å². The Kier molecular flexibility index (Phi) is 3.34. The number of hydrogen-bond acceptors (Lipinski definition) is 4. The molecule has 1 saturated carbocycles. The lowest BCUT2D eigenvalue weighted by molar-refractivity contribution is -0.202. The third kappa shape index (κ3) is 2.24. The van der Waals surface area contributed by atoms with Crippen LogP contribution in [0.2, 0.25) is 0 Å². The summed E-state index contributed by atoms with van der Waals surface area (Å²) in [5, 5.41) is 0. The highest BCUT2D eigenvalue weighted by Gasteiger charge is 2.54. The molecule has 4 nitrogen and oxygen atoms in total. The minimum absolute atomic E-state index is 0.194. The lowest BCUT2D eigenvalue weighted by Gasteiger charge is -2.48. The van der Waals surface area contributed by atoms with Gasteiger partial charge in [0.2, 0.25) is 0 Å². The predicted octanol–water partition coefficient (Wildman–Crippen LogP) is 2.26. The van der Waals surface area contributed by atoms with Crippen LogP contribution in [0.3, 0.4) is 0 Å². The topological polar surface area (TPSA) is 52.6 Å². The molecule has 2 heterocycles. The van der Waals surface area contributed by atoms with Crippen molar-refractivity contribution >= 4 is 12.3 Å². The Morgan fingerprint density at radius 1 is 1.20 bits per heavy atom. The first-order chi connectivity index (χ1) is 9.68. The maximum atomic E-state index is 12.4. The molecule has 2 saturated heterocycles. The van der Waals surface area contributed by atoms with Crippen molar-refractivity contribution in [2.24, 2.45) is 5.41 Å². The first-order valence-electron chi connectivity index (χ1n) is 7.00. The van der Waals surface area contributed by atoms with Gasteiger partial charge in [0, 0.05) is 0 Å². The summed E-state index contributed by atoms with van der Waals surface area (Å²) in [6.45, 7) is 0.597. The molecular weight excluding hydrogens is 256 g/mol. The number of fused-ring (bicyclic) bond motifs is 3. The average molecular weight is 274 g/mol. The Hall–Kier alpha value is -1.68. The lowest BCUT2D eigenvalue weighted by Crippen LogP contribution is -2.55. The van der Waals surface area contributed by atoms with Gasteiger partial charge in [-0.2, -0.15) is 0 Å². The number of carbonyl (C=O) groups excluding carboxylic acids is 2. The van der Waals surface area contributed by atoms with Crippen LogP contribution < -0.4 is 0 Å². The third-order valence-electron chi connectivity index (χ3n) is 4.55. The van der Waals surface area contributed by atoms with Crippen LogP contribution in [0, 0.1) is 5.41 Å². The van der Waals surface area contributed by atoms with E-state index in [9.17, 15) is 9.59 Å². The predicted molar refractivity (Wildman–Crippen MR) is 71.9 cm³/mol. The maximum absolute atomic E-state index is 12.4. The fraction of sp³-hybridized carbons (Fsp3) is 0.500. The third-order valence-corrected chi connectivity index (χ3v) is 4.55. The van der Waals surface area contributed by atoms with E-state index in [1.165, 1.54) is 0 Å². The van der Waals surface area contributed by atoms with Crippen molar-refractivity contribution in [2.75, 3.05) is 6.61 Å². The number of carbonyl (C=O) groups is 2. The summed E-state index contributed by atoms with van der Waals surface area (Å²) in [4.78, 5) is 23.4. The number of esters is 1. The molecule has 0 radical (unpaired) electrons. The molecule has 4 rings (SSSR count). The van der Waals surface area contributed by atoms with Gasteiger partial charge < -0.3 is 14.3 Å². The summed E-state index contributed by atoms with van der Waals surface area (Å²) in [5.41, 5.74) is -0.201. The molecule has 0 amide bonds. The SMILES string of the molecule is O=CC12CCC(C(=O)OCc3ccccc3)(CC1)CO2. The summed E-state index contributed by atoms with van der Waals surface area (Å²) >= 11 is 0. The molecule has 3 fully saturated rings. The van der Waals surface area contributed by atoms with Gasteiger partial charge in [0.25, 0.3) is 0 Å². The largest absolute Gasteiger partial charge is 0.460 e. The van der Waals surface area contributed by atoms with Gasteiger partial charge in [-0.3, -0.25) is 4.79 Å². The number of aldehydes is 1. The second-order valence-electron chi connectivity index (χ2n) is 5.81. The van der Waals surface area contributed by atoms with Crippen molar-refractivity contribution in [2.45, 2.75) is 37.9 Å². The van der Waals surface area contributed by atoms with Gasteiger partial charge in [0.05, 0.1) is 12.0 Å². The normalized spacial score (nSPS) is 31.8. The Labute approximate surface area is 118 Å². The average Bonchev–Trinajstić information content (AvgIpc) is 2.55. The number of hydrogen-bond donors (Lipinski definition) is 0. The molecule has 1 aromatic carbocycles. The number of rotatable bonds is 4. The van der Waals surface area contributed by atoms with E-state index in [0.29, 0.717) is 38.9 Å². The Bertz CT molecular complexity index is 484. The molecular formula is C16H18O4. The van der Waals surface area contributed by atoms with Crippen molar-refractivity contribution in [3.63, 3.8) is 0 Å². The molecule has 3 aliphatic rings. The van der Waals surface area contributed by atoms with E-state index in [1.54, 1.807) is 0 Å². The van der Waals surface area contributed by atoms with Crippen LogP contribution in [0.5, 0.6) is 0 Å². The van der Waals surface area contributed by atoms with E-state index in [0.717, 1.165) is 11.8 Å². The molecule has 4 heteroatoms. The molecule has 1 aromatic rings. The Morgan fingerprint density at radius 3 is 2.45 bits per heavy atom. The van der Waals surface area contributed by atoms with Crippen molar-refractivity contribution in [3.05, 3.63) is 35.9 Å². The highest BCUT2D eigenvalue weighted by atomic mass is 16.5.